The van der Waals surface area contributed by atoms with Crippen molar-refractivity contribution in [3.63, 3.8) is 0 Å². The third-order valence-electron chi connectivity index (χ3n) is 5.20. The second-order valence-corrected chi connectivity index (χ2v) is 7.43. The number of benzene rings is 1. The molecule has 3 heterocycles. The van der Waals surface area contributed by atoms with Gasteiger partial charge in [0.2, 0.25) is 0 Å². The molecule has 6 nitrogen and oxygen atoms in total. The molecule has 5 rings (SSSR count). The molecule has 6 heteroatoms. The first-order valence-electron chi connectivity index (χ1n) is 10.1. The molecule has 0 fully saturated rings. The summed E-state index contributed by atoms with van der Waals surface area (Å²) >= 11 is 0. The zero-order valence-electron chi connectivity index (χ0n) is 17.3. The molecule has 152 valence electrons. The Balaban J connectivity index is 1.60. The summed E-state index contributed by atoms with van der Waals surface area (Å²) in [6.07, 6.45) is 11.7. The number of anilines is 1. The van der Waals surface area contributed by atoms with Gasteiger partial charge in [-0.25, -0.2) is 9.97 Å². The molecule has 2 N–H and O–H groups in total. The highest BCUT2D eigenvalue weighted by Crippen LogP contribution is 2.29. The average molecular weight is 407 g/mol. The Labute approximate surface area is 180 Å². The van der Waals surface area contributed by atoms with E-state index in [1.54, 1.807) is 19.5 Å². The maximum absolute atomic E-state index is 5.42. The summed E-state index contributed by atoms with van der Waals surface area (Å²) < 4.78 is 5.42. The van der Waals surface area contributed by atoms with Gasteiger partial charge in [0.05, 0.1) is 18.7 Å². The fraction of sp³-hybridized carbons (Fsp3) is 0.160. The fourth-order valence-corrected chi connectivity index (χ4v) is 3.61. The van der Waals surface area contributed by atoms with Gasteiger partial charge in [-0.2, -0.15) is 0 Å². The quantitative estimate of drug-likeness (QED) is 0.640. The number of nitrogens with one attached hydrogen (secondary N) is 2. The predicted octanol–water partition coefficient (Wildman–Crippen LogP) is 3.86. The molecule has 0 saturated heterocycles. The SMILES string of the molecule is COc1ccc2nc(-c3cccnc3)nc(NC3=CC#CC4NC(C)C=CC4=C3)c2c1. The zero-order valence-corrected chi connectivity index (χ0v) is 17.3. The van der Waals surface area contributed by atoms with Gasteiger partial charge < -0.3 is 10.1 Å². The van der Waals surface area contributed by atoms with E-state index in [0.717, 1.165) is 33.5 Å². The van der Waals surface area contributed by atoms with Gasteiger partial charge >= 0.3 is 0 Å². The minimum atomic E-state index is 0.0174. The smallest absolute Gasteiger partial charge is 0.163 e. The molecular weight excluding hydrogens is 386 g/mol. The molecule has 0 saturated carbocycles. The molecule has 2 unspecified atom stereocenters. The van der Waals surface area contributed by atoms with Crippen molar-refractivity contribution in [1.29, 1.82) is 0 Å². The number of ether oxygens (including phenoxy) is 1. The number of hydrogen-bond acceptors (Lipinski definition) is 6. The predicted molar refractivity (Wildman–Crippen MR) is 122 cm³/mol. The number of methoxy groups -OCH3 is 1. The number of rotatable bonds is 4. The Morgan fingerprint density at radius 2 is 2.13 bits per heavy atom. The summed E-state index contributed by atoms with van der Waals surface area (Å²) in [6, 6.07) is 9.91. The fourth-order valence-electron chi connectivity index (χ4n) is 3.61. The van der Waals surface area contributed by atoms with Crippen LogP contribution >= 0.6 is 0 Å². The van der Waals surface area contributed by atoms with E-state index < -0.39 is 0 Å². The Hall–Kier alpha value is -3.95. The van der Waals surface area contributed by atoms with Gasteiger partial charge in [-0.05, 0) is 48.9 Å². The maximum atomic E-state index is 5.42. The highest BCUT2D eigenvalue weighted by Gasteiger charge is 2.18. The van der Waals surface area contributed by atoms with E-state index in [1.807, 2.05) is 36.4 Å². The molecule has 1 aromatic carbocycles. The van der Waals surface area contributed by atoms with E-state index in [-0.39, 0.29) is 6.04 Å². The normalized spacial score (nSPS) is 19.4. The van der Waals surface area contributed by atoms with Crippen molar-refractivity contribution in [3.05, 3.63) is 78.3 Å². The number of fused-ring (bicyclic) bond motifs is 2. The Kier molecular flexibility index (Phi) is 4.95. The van der Waals surface area contributed by atoms with Crippen molar-refractivity contribution in [3.8, 4) is 29.0 Å². The topological polar surface area (TPSA) is 72.0 Å². The first-order valence-corrected chi connectivity index (χ1v) is 10.1. The first kappa shape index (κ1) is 19.0. The lowest BCUT2D eigenvalue weighted by Crippen LogP contribution is -2.38. The lowest BCUT2D eigenvalue weighted by atomic mass is 10.0. The molecule has 3 aromatic rings. The van der Waals surface area contributed by atoms with E-state index >= 15 is 0 Å². The lowest BCUT2D eigenvalue weighted by Gasteiger charge is -2.22. The van der Waals surface area contributed by atoms with Crippen LogP contribution in [0.25, 0.3) is 22.3 Å². The minimum Gasteiger partial charge on any atom is -0.497 e. The summed E-state index contributed by atoms with van der Waals surface area (Å²) in [5.74, 6) is 8.45. The summed E-state index contributed by atoms with van der Waals surface area (Å²) in [5, 5.41) is 7.81. The second kappa shape index (κ2) is 8.05. The largest absolute Gasteiger partial charge is 0.497 e. The van der Waals surface area contributed by atoms with Crippen LogP contribution in [0.1, 0.15) is 6.92 Å². The highest BCUT2D eigenvalue weighted by molar-refractivity contribution is 5.92. The van der Waals surface area contributed by atoms with Crippen molar-refractivity contribution in [1.82, 2.24) is 20.3 Å². The van der Waals surface area contributed by atoms with Crippen LogP contribution in [0, 0.1) is 11.8 Å². The highest BCUT2D eigenvalue weighted by atomic mass is 16.5. The number of nitrogens with zero attached hydrogens (tertiary/aromatic N) is 3. The van der Waals surface area contributed by atoms with Gasteiger partial charge in [0.25, 0.3) is 0 Å². The van der Waals surface area contributed by atoms with Gasteiger partial charge in [0.1, 0.15) is 11.6 Å². The van der Waals surface area contributed by atoms with Crippen molar-refractivity contribution in [2.24, 2.45) is 0 Å². The van der Waals surface area contributed by atoms with E-state index in [1.165, 1.54) is 0 Å². The molecule has 2 atom stereocenters. The first-order chi connectivity index (χ1) is 15.2. The van der Waals surface area contributed by atoms with Crippen LogP contribution in [0.3, 0.4) is 0 Å². The van der Waals surface area contributed by atoms with Crippen molar-refractivity contribution < 1.29 is 4.74 Å². The minimum absolute atomic E-state index is 0.0174. The molecule has 1 aliphatic carbocycles. The van der Waals surface area contributed by atoms with Crippen LogP contribution in [-0.2, 0) is 0 Å². The van der Waals surface area contributed by atoms with Crippen molar-refractivity contribution in [2.75, 3.05) is 12.4 Å². The van der Waals surface area contributed by atoms with Crippen LogP contribution in [-0.4, -0.2) is 34.1 Å². The standard InChI is InChI=1S/C25H21N5O/c1-16-8-9-17-13-19(6-3-7-22(17)27-16)28-25-21-14-20(31-2)10-11-23(21)29-24(30-25)18-5-4-12-26-15-18/h4-6,8-16,22,27H,1-2H3,(H,28,29,30). The molecule has 1 aliphatic heterocycles. The molecule has 0 amide bonds. The Morgan fingerprint density at radius 3 is 2.97 bits per heavy atom. The Bertz CT molecular complexity index is 1300. The van der Waals surface area contributed by atoms with Crippen molar-refractivity contribution >= 4 is 16.7 Å². The van der Waals surface area contributed by atoms with Gasteiger partial charge in [0, 0.05) is 41.2 Å². The summed E-state index contributed by atoms with van der Waals surface area (Å²) in [4.78, 5) is 13.8. The van der Waals surface area contributed by atoms with Gasteiger partial charge in [-0.1, -0.05) is 24.0 Å². The number of hydrogen-bond donors (Lipinski definition) is 2. The van der Waals surface area contributed by atoms with Gasteiger partial charge in [0.15, 0.2) is 5.82 Å². The number of aromatic nitrogens is 3. The summed E-state index contributed by atoms with van der Waals surface area (Å²) in [5.41, 5.74) is 3.65. The van der Waals surface area contributed by atoms with Crippen LogP contribution in [0.4, 0.5) is 5.82 Å². The van der Waals surface area contributed by atoms with E-state index in [0.29, 0.717) is 17.7 Å². The zero-order chi connectivity index (χ0) is 21.2. The van der Waals surface area contributed by atoms with Crippen LogP contribution < -0.4 is 15.4 Å². The van der Waals surface area contributed by atoms with Crippen molar-refractivity contribution in [2.45, 2.75) is 19.0 Å². The van der Waals surface area contributed by atoms with E-state index in [9.17, 15) is 0 Å². The third-order valence-corrected chi connectivity index (χ3v) is 5.20. The number of pyridine rings is 1. The molecule has 2 aromatic heterocycles. The summed E-state index contributed by atoms with van der Waals surface area (Å²) in [6.45, 7) is 2.12. The third kappa shape index (κ3) is 3.91. The molecular formula is C25H21N5O. The van der Waals surface area contributed by atoms with Crippen LogP contribution in [0.2, 0.25) is 0 Å². The lowest BCUT2D eigenvalue weighted by molar-refractivity contribution is 0.415. The Morgan fingerprint density at radius 1 is 1.19 bits per heavy atom. The van der Waals surface area contributed by atoms with Gasteiger partial charge in [-0.15, -0.1) is 0 Å². The second-order valence-electron chi connectivity index (χ2n) is 7.43. The monoisotopic (exact) mass is 407 g/mol. The molecule has 0 spiro atoms. The van der Waals surface area contributed by atoms with E-state index in [2.05, 4.69) is 52.6 Å². The van der Waals surface area contributed by atoms with Crippen LogP contribution in [0.5, 0.6) is 5.75 Å². The molecule has 31 heavy (non-hydrogen) atoms. The van der Waals surface area contributed by atoms with E-state index in [4.69, 9.17) is 14.7 Å². The van der Waals surface area contributed by atoms with Crippen LogP contribution in [0.15, 0.2) is 78.3 Å². The molecule has 0 radical (unpaired) electrons. The molecule has 0 bridgehead atoms. The summed E-state index contributed by atoms with van der Waals surface area (Å²) in [7, 11) is 1.65. The average Bonchev–Trinajstić information content (AvgIpc) is 3.00. The van der Waals surface area contributed by atoms with Gasteiger partial charge in [-0.3, -0.25) is 10.3 Å². The number of allylic oxidation sites excluding steroid dienone is 2. The maximum Gasteiger partial charge on any atom is 0.163 e. The molecule has 2 aliphatic rings.